The lowest BCUT2D eigenvalue weighted by molar-refractivity contribution is -0.120. The van der Waals surface area contributed by atoms with Gasteiger partial charge < -0.3 is 10.6 Å². The maximum Gasteiger partial charge on any atom is 0.219 e. The first-order valence-electron chi connectivity index (χ1n) is 5.59. The number of carbonyl (C=O) groups is 1. The van der Waals surface area contributed by atoms with Gasteiger partial charge in [0.1, 0.15) is 0 Å². The molecule has 0 aliphatic heterocycles. The van der Waals surface area contributed by atoms with Gasteiger partial charge >= 0.3 is 0 Å². The first-order chi connectivity index (χ1) is 7.74. The lowest BCUT2D eigenvalue weighted by Gasteiger charge is -2.12. The van der Waals surface area contributed by atoms with Gasteiger partial charge in [-0.3, -0.25) is 9.78 Å². The third-order valence-corrected chi connectivity index (χ3v) is 2.44. The van der Waals surface area contributed by atoms with E-state index in [1.165, 1.54) is 0 Å². The van der Waals surface area contributed by atoms with E-state index >= 15 is 0 Å². The quantitative estimate of drug-likeness (QED) is 0.711. The molecule has 1 heterocycles. The van der Waals surface area contributed by atoms with E-state index in [1.807, 2.05) is 18.2 Å². The molecule has 4 heteroatoms. The van der Waals surface area contributed by atoms with E-state index in [0.717, 1.165) is 18.7 Å². The zero-order chi connectivity index (χ0) is 11.8. The molecule has 16 heavy (non-hydrogen) atoms. The number of nitrogens with one attached hydrogen (secondary N) is 2. The molecule has 0 fully saturated rings. The molecule has 1 rings (SSSR count). The van der Waals surface area contributed by atoms with Crippen LogP contribution in [-0.4, -0.2) is 24.5 Å². The average molecular weight is 221 g/mol. The highest BCUT2D eigenvalue weighted by Gasteiger charge is 2.04. The van der Waals surface area contributed by atoms with Gasteiger partial charge in [-0.15, -0.1) is 0 Å². The van der Waals surface area contributed by atoms with Gasteiger partial charge in [0.2, 0.25) is 5.91 Å². The second-order valence-electron chi connectivity index (χ2n) is 3.71. The zero-order valence-electron chi connectivity index (χ0n) is 9.86. The Balaban J connectivity index is 2.21. The number of hydrogen-bond acceptors (Lipinski definition) is 3. The summed E-state index contributed by atoms with van der Waals surface area (Å²) in [5, 5.41) is 5.94. The molecular formula is C12H19N3O. The molecule has 1 aromatic heterocycles. The fourth-order valence-electron chi connectivity index (χ4n) is 1.43. The highest BCUT2D eigenvalue weighted by atomic mass is 16.1. The summed E-state index contributed by atoms with van der Waals surface area (Å²) in [6.07, 6.45) is 3.20. The maximum atomic E-state index is 11.0. The first kappa shape index (κ1) is 12.6. The topological polar surface area (TPSA) is 54.0 Å². The van der Waals surface area contributed by atoms with Gasteiger partial charge in [-0.25, -0.2) is 0 Å². The minimum Gasteiger partial charge on any atom is -0.359 e. The van der Waals surface area contributed by atoms with Gasteiger partial charge in [-0.2, -0.15) is 0 Å². The van der Waals surface area contributed by atoms with Crippen molar-refractivity contribution in [3.05, 3.63) is 30.1 Å². The summed E-state index contributed by atoms with van der Waals surface area (Å²) in [5.41, 5.74) is 1.03. The lowest BCUT2D eigenvalue weighted by Crippen LogP contribution is -2.23. The molecular weight excluding hydrogens is 202 g/mol. The third-order valence-electron chi connectivity index (χ3n) is 2.44. The van der Waals surface area contributed by atoms with E-state index in [4.69, 9.17) is 0 Å². The van der Waals surface area contributed by atoms with Crippen LogP contribution in [0.15, 0.2) is 24.4 Å². The molecule has 4 nitrogen and oxygen atoms in total. The van der Waals surface area contributed by atoms with E-state index in [9.17, 15) is 4.79 Å². The van der Waals surface area contributed by atoms with Gasteiger partial charge in [0.25, 0.3) is 0 Å². The molecule has 0 saturated carbocycles. The Morgan fingerprint density at radius 1 is 1.50 bits per heavy atom. The van der Waals surface area contributed by atoms with Crippen molar-refractivity contribution in [3.63, 3.8) is 0 Å². The predicted molar refractivity (Wildman–Crippen MR) is 64.0 cm³/mol. The van der Waals surface area contributed by atoms with Crippen molar-refractivity contribution in [2.75, 3.05) is 13.6 Å². The summed E-state index contributed by atoms with van der Waals surface area (Å²) in [4.78, 5) is 15.2. The van der Waals surface area contributed by atoms with Crippen LogP contribution in [0.3, 0.4) is 0 Å². The Kier molecular flexibility index (Phi) is 5.50. The van der Waals surface area contributed by atoms with Gasteiger partial charge in [-0.1, -0.05) is 6.07 Å². The molecule has 0 bridgehead atoms. The van der Waals surface area contributed by atoms with E-state index in [0.29, 0.717) is 6.42 Å². The summed E-state index contributed by atoms with van der Waals surface area (Å²) in [7, 11) is 1.66. The number of carbonyl (C=O) groups excluding carboxylic acids is 1. The van der Waals surface area contributed by atoms with E-state index in [1.54, 1.807) is 13.2 Å². The fourth-order valence-corrected chi connectivity index (χ4v) is 1.43. The lowest BCUT2D eigenvalue weighted by atomic mass is 10.2. The van der Waals surface area contributed by atoms with Crippen molar-refractivity contribution in [2.24, 2.45) is 0 Å². The SMILES string of the molecule is CNC(=O)CCCN[C@H](C)c1ccccn1. The van der Waals surface area contributed by atoms with Crippen LogP contribution in [0.1, 0.15) is 31.5 Å². The molecule has 0 unspecified atom stereocenters. The molecule has 0 aromatic carbocycles. The molecule has 1 aromatic rings. The summed E-state index contributed by atoms with van der Waals surface area (Å²) in [6.45, 7) is 2.90. The molecule has 1 amide bonds. The van der Waals surface area contributed by atoms with Crippen LogP contribution in [0.2, 0.25) is 0 Å². The summed E-state index contributed by atoms with van der Waals surface area (Å²) < 4.78 is 0. The van der Waals surface area contributed by atoms with E-state index in [-0.39, 0.29) is 11.9 Å². The Morgan fingerprint density at radius 3 is 2.94 bits per heavy atom. The standard InChI is InChI=1S/C12H19N3O/c1-10(11-6-3-4-8-15-11)14-9-5-7-12(16)13-2/h3-4,6,8,10,14H,5,7,9H2,1-2H3,(H,13,16)/t10-/m1/s1. The minimum absolute atomic E-state index is 0.0901. The zero-order valence-corrected chi connectivity index (χ0v) is 9.86. The molecule has 0 aliphatic rings. The average Bonchev–Trinajstić information content (AvgIpc) is 2.35. The Morgan fingerprint density at radius 2 is 2.31 bits per heavy atom. The van der Waals surface area contributed by atoms with Crippen molar-refractivity contribution in [1.29, 1.82) is 0 Å². The Labute approximate surface area is 96.5 Å². The highest BCUT2D eigenvalue weighted by molar-refractivity contribution is 5.75. The molecule has 1 atom stereocenters. The monoisotopic (exact) mass is 221 g/mol. The summed E-state index contributed by atoms with van der Waals surface area (Å²) >= 11 is 0. The number of nitrogens with zero attached hydrogens (tertiary/aromatic N) is 1. The normalized spacial score (nSPS) is 12.1. The van der Waals surface area contributed by atoms with Gasteiger partial charge in [0, 0.05) is 25.7 Å². The van der Waals surface area contributed by atoms with Crippen LogP contribution in [0.25, 0.3) is 0 Å². The minimum atomic E-state index is 0.0901. The first-order valence-corrected chi connectivity index (χ1v) is 5.59. The van der Waals surface area contributed by atoms with Crippen molar-refractivity contribution < 1.29 is 4.79 Å². The van der Waals surface area contributed by atoms with Crippen LogP contribution in [0.5, 0.6) is 0 Å². The predicted octanol–water partition coefficient (Wildman–Crippen LogP) is 1.26. The Hall–Kier alpha value is -1.42. The maximum absolute atomic E-state index is 11.0. The molecule has 2 N–H and O–H groups in total. The van der Waals surface area contributed by atoms with Crippen LogP contribution >= 0.6 is 0 Å². The molecule has 0 aliphatic carbocycles. The Bertz CT molecular complexity index is 313. The third kappa shape index (κ3) is 4.40. The number of hydrogen-bond donors (Lipinski definition) is 2. The molecule has 0 radical (unpaired) electrons. The van der Waals surface area contributed by atoms with Crippen molar-refractivity contribution in [2.45, 2.75) is 25.8 Å². The summed E-state index contributed by atoms with van der Waals surface area (Å²) in [5.74, 6) is 0.0901. The van der Waals surface area contributed by atoms with Crippen molar-refractivity contribution >= 4 is 5.91 Å². The number of aromatic nitrogens is 1. The molecule has 0 saturated heterocycles. The largest absolute Gasteiger partial charge is 0.359 e. The molecule has 88 valence electrons. The second-order valence-corrected chi connectivity index (χ2v) is 3.71. The van der Waals surface area contributed by atoms with Crippen molar-refractivity contribution in [3.8, 4) is 0 Å². The number of pyridine rings is 1. The highest BCUT2D eigenvalue weighted by Crippen LogP contribution is 2.07. The van der Waals surface area contributed by atoms with Gasteiger partial charge in [0.15, 0.2) is 0 Å². The van der Waals surface area contributed by atoms with Crippen LogP contribution in [0, 0.1) is 0 Å². The second kappa shape index (κ2) is 6.95. The van der Waals surface area contributed by atoms with Crippen LogP contribution in [-0.2, 0) is 4.79 Å². The fraction of sp³-hybridized carbons (Fsp3) is 0.500. The number of rotatable bonds is 6. The van der Waals surface area contributed by atoms with E-state index in [2.05, 4.69) is 22.5 Å². The van der Waals surface area contributed by atoms with Crippen molar-refractivity contribution in [1.82, 2.24) is 15.6 Å². The van der Waals surface area contributed by atoms with Gasteiger partial charge in [-0.05, 0) is 32.0 Å². The van der Waals surface area contributed by atoms with Gasteiger partial charge in [0.05, 0.1) is 5.69 Å². The van der Waals surface area contributed by atoms with E-state index < -0.39 is 0 Å². The molecule has 0 spiro atoms. The summed E-state index contributed by atoms with van der Waals surface area (Å²) in [6, 6.07) is 6.11. The van der Waals surface area contributed by atoms with Crippen LogP contribution in [0.4, 0.5) is 0 Å². The number of amides is 1. The smallest absolute Gasteiger partial charge is 0.219 e. The van der Waals surface area contributed by atoms with Crippen LogP contribution < -0.4 is 10.6 Å².